The Kier molecular flexibility index (Phi) is 8.41. The third-order valence-corrected chi connectivity index (χ3v) is 8.48. The molecule has 24 heteroatoms. The lowest BCUT2D eigenvalue weighted by atomic mass is 10.00. The minimum absolute atomic E-state index is 0.477. The van der Waals surface area contributed by atoms with Crippen molar-refractivity contribution in [1.82, 2.24) is 9.97 Å². The van der Waals surface area contributed by atoms with Gasteiger partial charge in [-0.2, -0.15) is 26.8 Å². The molecule has 38 heavy (non-hydrogen) atoms. The number of H-pyrrole nitrogens is 1. The van der Waals surface area contributed by atoms with Gasteiger partial charge in [0.15, 0.2) is 17.3 Å². The quantitative estimate of drug-likeness (QED) is 0.158. The van der Waals surface area contributed by atoms with Gasteiger partial charge >= 0.3 is 29.6 Å². The van der Waals surface area contributed by atoms with Gasteiger partial charge in [-0.25, -0.2) is 22.5 Å². The van der Waals surface area contributed by atoms with E-state index in [2.05, 4.69) is 18.1 Å². The number of pyridine rings is 2. The first-order chi connectivity index (χ1) is 17.1. The molecule has 0 amide bonds. The predicted octanol–water partition coefficient (Wildman–Crippen LogP) is 0.677. The number of nitrogens with one attached hydrogen (secondary N) is 1. The number of hydrogen-bond donors (Lipinski definition) is 7. The molecular weight excluding hydrogens is 608 g/mol. The van der Waals surface area contributed by atoms with Gasteiger partial charge in [-0.15, -0.1) is 0 Å². The maximum Gasteiger partial charge on any atom is 0.490 e. The van der Waals surface area contributed by atoms with Crippen LogP contribution in [0.5, 0.6) is 0 Å². The first kappa shape index (κ1) is 30.8. The van der Waals surface area contributed by atoms with Gasteiger partial charge < -0.3 is 39.5 Å². The van der Waals surface area contributed by atoms with Crippen molar-refractivity contribution in [2.45, 2.75) is 30.6 Å². The van der Waals surface area contributed by atoms with Gasteiger partial charge in [0.05, 0.1) is 17.7 Å². The topological polar surface area (TPSA) is 255 Å². The van der Waals surface area contributed by atoms with E-state index in [0.717, 1.165) is 0 Å². The maximum absolute atomic E-state index is 14.3. The van der Waals surface area contributed by atoms with Crippen molar-refractivity contribution in [2.24, 2.45) is 0 Å². The number of halogens is 5. The van der Waals surface area contributed by atoms with E-state index in [1.807, 2.05) is 0 Å². The number of aromatic amines is 1. The van der Waals surface area contributed by atoms with Crippen LogP contribution in [0.4, 0.5) is 22.0 Å². The molecular formula is C14H14F5N2O14P3. The Morgan fingerprint density at radius 2 is 1.61 bits per heavy atom. The molecule has 0 aliphatic carbocycles. The molecule has 3 heterocycles. The Morgan fingerprint density at radius 1 is 1.00 bits per heavy atom. The fourth-order valence-electron chi connectivity index (χ4n) is 3.19. The molecule has 0 spiro atoms. The van der Waals surface area contributed by atoms with Crippen LogP contribution < -0.4 is 5.56 Å². The molecule has 1 fully saturated rings. The van der Waals surface area contributed by atoms with Crippen molar-refractivity contribution in [3.05, 3.63) is 39.3 Å². The number of phosphoric ester groups is 1. The number of hydrogen-bond acceptors (Lipinski definition) is 11. The number of nitrogens with zero attached hydrogens (tertiary/aromatic N) is 1. The third kappa shape index (κ3) is 6.89. The summed E-state index contributed by atoms with van der Waals surface area (Å²) in [6.45, 7) is -1.26. The number of fused-ring (bicyclic) bond motifs is 1. The third-order valence-electron chi connectivity index (χ3n) is 4.68. The van der Waals surface area contributed by atoms with Crippen molar-refractivity contribution < 1.29 is 83.3 Å². The number of rotatable bonds is 8. The lowest BCUT2D eigenvalue weighted by Gasteiger charge is -2.19. The second kappa shape index (κ2) is 10.4. The molecule has 0 radical (unpaired) electrons. The van der Waals surface area contributed by atoms with Gasteiger partial charge in [0, 0.05) is 0 Å². The van der Waals surface area contributed by atoms with Crippen LogP contribution in [-0.2, 0) is 37.8 Å². The Bertz CT molecular complexity index is 1400. The molecule has 214 valence electrons. The average molecular weight is 622 g/mol. The monoisotopic (exact) mass is 622 g/mol. The largest absolute Gasteiger partial charge is 0.490 e. The molecule has 3 rings (SSSR count). The summed E-state index contributed by atoms with van der Waals surface area (Å²) in [5, 5.41) is 20.3. The first-order valence-corrected chi connectivity index (χ1v) is 13.9. The van der Waals surface area contributed by atoms with E-state index in [1.165, 1.54) is 4.98 Å². The fourth-order valence-corrected chi connectivity index (χ4v) is 6.22. The van der Waals surface area contributed by atoms with Crippen LogP contribution in [0.1, 0.15) is 17.4 Å². The number of ether oxygens (including phenoxy) is 1. The summed E-state index contributed by atoms with van der Waals surface area (Å²) >= 11 is 0. The Balaban J connectivity index is 1.84. The number of phosphoric acid groups is 3. The van der Waals surface area contributed by atoms with E-state index < -0.39 is 101 Å². The standard InChI is InChI=1S/C14H14F5N2O14P3/c15-6-3-1-4(13(24)21-12(3)20-11(7(6)16)14(17,18)19)10-9(23)8(22)5(33-10)2-32-37(28,29)35-38(30,31)34-36(25,26)27/h1,5,8-10,22-23H,2H2,(H,28,29)(H,30,31)(H,20,21,24)(H2,25,26,27)/t5-,8+,9?,10+/m1/s1. The smallest absolute Gasteiger partial charge is 0.387 e. The van der Waals surface area contributed by atoms with Crippen molar-refractivity contribution in [3.63, 3.8) is 0 Å². The van der Waals surface area contributed by atoms with E-state index in [-0.39, 0.29) is 0 Å². The van der Waals surface area contributed by atoms with Crippen molar-refractivity contribution in [2.75, 3.05) is 6.61 Å². The van der Waals surface area contributed by atoms with E-state index in [0.29, 0.717) is 6.07 Å². The molecule has 3 unspecified atom stereocenters. The highest BCUT2D eigenvalue weighted by molar-refractivity contribution is 7.66. The van der Waals surface area contributed by atoms with Gasteiger partial charge in [0.2, 0.25) is 0 Å². The summed E-state index contributed by atoms with van der Waals surface area (Å²) in [4.78, 5) is 52.5. The second-order valence-corrected chi connectivity index (χ2v) is 11.8. The highest BCUT2D eigenvalue weighted by Crippen LogP contribution is 2.66. The molecule has 0 aromatic rings. The van der Waals surface area contributed by atoms with E-state index in [4.69, 9.17) is 19.4 Å². The summed E-state index contributed by atoms with van der Waals surface area (Å²) in [7, 11) is -17.2. The lowest BCUT2D eigenvalue weighted by Crippen LogP contribution is -2.33. The molecule has 0 aromatic heterocycles. The molecule has 0 saturated carbocycles. The minimum atomic E-state index is -5.88. The van der Waals surface area contributed by atoms with Gasteiger partial charge in [0.1, 0.15) is 30.2 Å². The van der Waals surface area contributed by atoms with Gasteiger partial charge in [-0.1, -0.05) is 0 Å². The SMILES string of the molecule is O=c1nc2[nH]c(C(F)(F)F)c(F)c(F)c-2cc1[C@@H]1O[C@H](COP(=O)(O)OP(=O)(O)OP(=O)(O)O)[C@H](O)C1O. The number of aliphatic hydroxyl groups excluding tert-OH is 2. The number of aromatic nitrogens is 2. The molecule has 6 atom stereocenters. The highest BCUT2D eigenvalue weighted by atomic mass is 31.3. The van der Waals surface area contributed by atoms with Crippen LogP contribution in [0.2, 0.25) is 0 Å². The second-order valence-electron chi connectivity index (χ2n) is 7.37. The Morgan fingerprint density at radius 3 is 2.16 bits per heavy atom. The number of alkyl halides is 3. The van der Waals surface area contributed by atoms with Crippen molar-refractivity contribution in [3.8, 4) is 11.4 Å². The van der Waals surface area contributed by atoms with Gasteiger partial charge in [0.25, 0.3) is 5.56 Å². The zero-order chi connectivity index (χ0) is 29.0. The van der Waals surface area contributed by atoms with Crippen LogP contribution in [0, 0.1) is 11.6 Å². The van der Waals surface area contributed by atoms with Crippen LogP contribution in [0.15, 0.2) is 10.9 Å². The molecule has 7 N–H and O–H groups in total. The van der Waals surface area contributed by atoms with Crippen molar-refractivity contribution in [1.29, 1.82) is 0 Å². The summed E-state index contributed by atoms with van der Waals surface area (Å²) in [5.41, 5.74) is -5.36. The minimum Gasteiger partial charge on any atom is -0.387 e. The summed E-state index contributed by atoms with van der Waals surface area (Å²) in [6, 6.07) is 0.477. The Hall–Kier alpha value is -1.70. The molecule has 3 aliphatic heterocycles. The van der Waals surface area contributed by atoms with E-state index in [1.54, 1.807) is 0 Å². The molecule has 0 bridgehead atoms. The average Bonchev–Trinajstić information content (AvgIpc) is 2.99. The number of aliphatic hydroxyl groups is 2. The maximum atomic E-state index is 14.3. The van der Waals surface area contributed by atoms with Gasteiger partial charge in [-0.05, 0) is 6.07 Å². The lowest BCUT2D eigenvalue weighted by molar-refractivity contribution is -0.144. The van der Waals surface area contributed by atoms with E-state index >= 15 is 0 Å². The predicted molar refractivity (Wildman–Crippen MR) is 106 cm³/mol. The summed E-state index contributed by atoms with van der Waals surface area (Å²) in [5.74, 6) is -5.46. The molecule has 16 nitrogen and oxygen atoms in total. The first-order valence-electron chi connectivity index (χ1n) is 9.41. The zero-order valence-corrected chi connectivity index (χ0v) is 20.4. The van der Waals surface area contributed by atoms with E-state index in [9.17, 15) is 55.5 Å². The summed E-state index contributed by atoms with van der Waals surface area (Å²) < 4.78 is 117. The molecule has 3 aliphatic rings. The van der Waals surface area contributed by atoms with Crippen molar-refractivity contribution >= 4 is 23.5 Å². The van der Waals surface area contributed by atoms with Crippen LogP contribution in [0.3, 0.4) is 0 Å². The summed E-state index contributed by atoms with van der Waals surface area (Å²) in [6.07, 6.45) is -13.3. The van der Waals surface area contributed by atoms with Crippen LogP contribution in [-0.4, -0.2) is 64.7 Å². The Labute approximate surface area is 205 Å². The van der Waals surface area contributed by atoms with Crippen LogP contribution in [0.25, 0.3) is 11.4 Å². The highest BCUT2D eigenvalue weighted by Gasteiger charge is 2.47. The molecule has 0 aromatic carbocycles. The van der Waals surface area contributed by atoms with Gasteiger partial charge in [-0.3, -0.25) is 9.32 Å². The normalized spacial score (nSPS) is 25.9. The fraction of sp³-hybridized carbons (Fsp3) is 0.429. The zero-order valence-electron chi connectivity index (χ0n) is 17.7. The molecule has 1 saturated heterocycles. The van der Waals surface area contributed by atoms with Crippen LogP contribution >= 0.6 is 23.5 Å².